The summed E-state index contributed by atoms with van der Waals surface area (Å²) >= 11 is 0. The molecule has 1 aliphatic rings. The highest BCUT2D eigenvalue weighted by Gasteiger charge is 2.35. The quantitative estimate of drug-likeness (QED) is 0.706. The van der Waals surface area contributed by atoms with Gasteiger partial charge in [-0.3, -0.25) is 14.4 Å². The minimum Gasteiger partial charge on any atom is -0.469 e. The fourth-order valence-electron chi connectivity index (χ4n) is 2.99. The van der Waals surface area contributed by atoms with Gasteiger partial charge in [-0.15, -0.1) is 0 Å². The van der Waals surface area contributed by atoms with E-state index in [1.54, 1.807) is 16.8 Å². The van der Waals surface area contributed by atoms with E-state index in [1.165, 1.54) is 12.7 Å². The molecule has 0 aliphatic carbocycles. The van der Waals surface area contributed by atoms with Crippen molar-refractivity contribution in [1.29, 1.82) is 0 Å². The van der Waals surface area contributed by atoms with E-state index in [-0.39, 0.29) is 36.5 Å². The van der Waals surface area contributed by atoms with Crippen molar-refractivity contribution in [3.05, 3.63) is 35.4 Å². The van der Waals surface area contributed by atoms with Crippen molar-refractivity contribution in [2.45, 2.75) is 32.7 Å². The molecule has 2 amide bonds. The van der Waals surface area contributed by atoms with Crippen LogP contribution in [0.5, 0.6) is 0 Å². The minimum absolute atomic E-state index is 0.0156. The summed E-state index contributed by atoms with van der Waals surface area (Å²) in [7, 11) is 3.07. The Labute approximate surface area is 148 Å². The number of methoxy groups -OCH3 is 1. The summed E-state index contributed by atoms with van der Waals surface area (Å²) in [5.41, 5.74) is 2.25. The summed E-state index contributed by atoms with van der Waals surface area (Å²) in [4.78, 5) is 39.2. The second-order valence-corrected chi connectivity index (χ2v) is 6.60. The molecule has 1 unspecified atom stereocenters. The van der Waals surface area contributed by atoms with Crippen LogP contribution in [0.4, 0.5) is 0 Å². The topological polar surface area (TPSA) is 66.9 Å². The van der Waals surface area contributed by atoms with E-state index < -0.39 is 0 Å². The fraction of sp³-hybridized carbons (Fsp3) is 0.526. The zero-order valence-electron chi connectivity index (χ0n) is 15.2. The molecule has 1 aromatic rings. The number of likely N-dealkylation sites (tertiary alicyclic amines) is 1. The summed E-state index contributed by atoms with van der Waals surface area (Å²) in [5, 5.41) is 0. The standard InChI is InChI=1S/C19H26N2O4/c1-14-6-8-15(9-7-14)12-21-13-16(11-17(21)22)19(24)20(2)10-4-5-18(23)25-3/h6-9,16H,4-5,10-13H2,1-3H3. The molecule has 0 N–H and O–H groups in total. The van der Waals surface area contributed by atoms with Crippen LogP contribution in [0, 0.1) is 12.8 Å². The van der Waals surface area contributed by atoms with Crippen LogP contribution in [0.1, 0.15) is 30.4 Å². The normalized spacial score (nSPS) is 16.8. The van der Waals surface area contributed by atoms with Gasteiger partial charge >= 0.3 is 5.97 Å². The lowest BCUT2D eigenvalue weighted by atomic mass is 10.1. The van der Waals surface area contributed by atoms with Crippen molar-refractivity contribution in [3.8, 4) is 0 Å². The lowest BCUT2D eigenvalue weighted by molar-refractivity contribution is -0.141. The molecule has 1 fully saturated rings. The van der Waals surface area contributed by atoms with Crippen LogP contribution in [0.25, 0.3) is 0 Å². The summed E-state index contributed by atoms with van der Waals surface area (Å²) in [6.07, 6.45) is 1.10. The Bertz CT molecular complexity index is 627. The Morgan fingerprint density at radius 3 is 2.60 bits per heavy atom. The first kappa shape index (κ1) is 19.0. The number of rotatable bonds is 7. The molecule has 0 radical (unpaired) electrons. The van der Waals surface area contributed by atoms with Gasteiger partial charge in [-0.25, -0.2) is 0 Å². The Hall–Kier alpha value is -2.37. The summed E-state index contributed by atoms with van der Waals surface area (Å²) in [6.45, 7) is 3.49. The zero-order valence-corrected chi connectivity index (χ0v) is 15.2. The van der Waals surface area contributed by atoms with E-state index >= 15 is 0 Å². The number of nitrogens with zero attached hydrogens (tertiary/aromatic N) is 2. The lowest BCUT2D eigenvalue weighted by Crippen LogP contribution is -2.35. The number of esters is 1. The van der Waals surface area contributed by atoms with Gasteiger partial charge in [0.25, 0.3) is 0 Å². The number of aryl methyl sites for hydroxylation is 1. The van der Waals surface area contributed by atoms with Gasteiger partial charge in [0.1, 0.15) is 0 Å². The van der Waals surface area contributed by atoms with E-state index in [0.29, 0.717) is 26.1 Å². The van der Waals surface area contributed by atoms with Crippen molar-refractivity contribution in [3.63, 3.8) is 0 Å². The monoisotopic (exact) mass is 346 g/mol. The highest BCUT2D eigenvalue weighted by molar-refractivity contribution is 5.89. The number of ether oxygens (including phenoxy) is 1. The zero-order chi connectivity index (χ0) is 18.4. The van der Waals surface area contributed by atoms with Gasteiger partial charge in [0.2, 0.25) is 11.8 Å². The molecule has 0 aromatic heterocycles. The Morgan fingerprint density at radius 1 is 1.28 bits per heavy atom. The maximum Gasteiger partial charge on any atom is 0.305 e. The summed E-state index contributed by atoms with van der Waals surface area (Å²) < 4.78 is 4.59. The van der Waals surface area contributed by atoms with E-state index in [2.05, 4.69) is 4.74 Å². The molecule has 136 valence electrons. The maximum atomic E-state index is 12.5. The van der Waals surface area contributed by atoms with Crippen LogP contribution < -0.4 is 0 Å². The molecule has 1 aromatic carbocycles. The molecule has 2 rings (SSSR count). The number of hydrogen-bond donors (Lipinski definition) is 0. The number of benzene rings is 1. The molecule has 6 heteroatoms. The molecular weight excluding hydrogens is 320 g/mol. The van der Waals surface area contributed by atoms with Gasteiger partial charge in [0, 0.05) is 39.5 Å². The van der Waals surface area contributed by atoms with Crippen LogP contribution in [0.3, 0.4) is 0 Å². The Kier molecular flexibility index (Phi) is 6.56. The maximum absolute atomic E-state index is 12.5. The van der Waals surface area contributed by atoms with Crippen molar-refractivity contribution in [2.75, 3.05) is 27.2 Å². The lowest BCUT2D eigenvalue weighted by Gasteiger charge is -2.21. The fourth-order valence-corrected chi connectivity index (χ4v) is 2.99. The first-order valence-corrected chi connectivity index (χ1v) is 8.56. The Balaban J connectivity index is 1.84. The number of carbonyl (C=O) groups is 3. The van der Waals surface area contributed by atoms with Crippen LogP contribution in [0.15, 0.2) is 24.3 Å². The van der Waals surface area contributed by atoms with Gasteiger partial charge in [-0.1, -0.05) is 29.8 Å². The molecule has 1 aliphatic heterocycles. The smallest absolute Gasteiger partial charge is 0.305 e. The second kappa shape index (κ2) is 8.65. The van der Waals surface area contributed by atoms with Crippen LogP contribution in [-0.2, 0) is 25.7 Å². The van der Waals surface area contributed by atoms with Crippen LogP contribution >= 0.6 is 0 Å². The molecule has 1 atom stereocenters. The van der Waals surface area contributed by atoms with Crippen LogP contribution in [0.2, 0.25) is 0 Å². The van der Waals surface area contributed by atoms with Gasteiger partial charge in [-0.2, -0.15) is 0 Å². The number of carbonyl (C=O) groups excluding carboxylic acids is 3. The number of hydrogen-bond acceptors (Lipinski definition) is 4. The van der Waals surface area contributed by atoms with Crippen molar-refractivity contribution in [1.82, 2.24) is 9.80 Å². The van der Waals surface area contributed by atoms with E-state index in [1.807, 2.05) is 31.2 Å². The molecule has 0 spiro atoms. The van der Waals surface area contributed by atoms with E-state index in [4.69, 9.17) is 0 Å². The SMILES string of the molecule is COC(=O)CCCN(C)C(=O)C1CC(=O)N(Cc2ccc(C)cc2)C1. The predicted octanol–water partition coefficient (Wildman–Crippen LogP) is 1.76. The third-order valence-corrected chi connectivity index (χ3v) is 4.54. The predicted molar refractivity (Wildman–Crippen MR) is 93.6 cm³/mol. The van der Waals surface area contributed by atoms with Crippen molar-refractivity contribution < 1.29 is 19.1 Å². The van der Waals surface area contributed by atoms with Gasteiger partial charge in [0.15, 0.2) is 0 Å². The Morgan fingerprint density at radius 2 is 1.96 bits per heavy atom. The first-order chi connectivity index (χ1) is 11.9. The molecular formula is C19H26N2O4. The molecule has 0 bridgehead atoms. The third-order valence-electron chi connectivity index (χ3n) is 4.54. The average molecular weight is 346 g/mol. The van der Waals surface area contributed by atoms with Gasteiger partial charge in [-0.05, 0) is 18.9 Å². The van der Waals surface area contributed by atoms with E-state index in [0.717, 1.165) is 5.56 Å². The summed E-state index contributed by atoms with van der Waals surface area (Å²) in [5.74, 6) is -0.603. The summed E-state index contributed by atoms with van der Waals surface area (Å²) in [6, 6.07) is 8.06. The van der Waals surface area contributed by atoms with Crippen molar-refractivity contribution >= 4 is 17.8 Å². The largest absolute Gasteiger partial charge is 0.469 e. The highest BCUT2D eigenvalue weighted by Crippen LogP contribution is 2.22. The third kappa shape index (κ3) is 5.31. The van der Waals surface area contributed by atoms with Gasteiger partial charge < -0.3 is 14.5 Å². The highest BCUT2D eigenvalue weighted by atomic mass is 16.5. The molecule has 0 saturated carbocycles. The van der Waals surface area contributed by atoms with Crippen molar-refractivity contribution in [2.24, 2.45) is 5.92 Å². The second-order valence-electron chi connectivity index (χ2n) is 6.60. The molecule has 1 heterocycles. The molecule has 25 heavy (non-hydrogen) atoms. The molecule has 1 saturated heterocycles. The van der Waals surface area contributed by atoms with E-state index in [9.17, 15) is 14.4 Å². The van der Waals surface area contributed by atoms with Gasteiger partial charge in [0.05, 0.1) is 13.0 Å². The average Bonchev–Trinajstić information content (AvgIpc) is 2.96. The van der Waals surface area contributed by atoms with Crippen LogP contribution in [-0.4, -0.2) is 54.8 Å². The minimum atomic E-state index is -0.305. The first-order valence-electron chi connectivity index (χ1n) is 8.56. The number of amides is 2. The molecule has 6 nitrogen and oxygen atoms in total.